The third-order valence-electron chi connectivity index (χ3n) is 12.8. The van der Waals surface area contributed by atoms with Crippen LogP contribution in [0.4, 0.5) is 11.4 Å². The smallest absolute Gasteiger partial charge is 0.265 e. The highest BCUT2D eigenvalue weighted by Crippen LogP contribution is 2.41. The van der Waals surface area contributed by atoms with Gasteiger partial charge in [0.25, 0.3) is 11.8 Å². The molecule has 57 heavy (non-hydrogen) atoms. The average Bonchev–Trinajstić information content (AvgIpc) is 3.18. The van der Waals surface area contributed by atoms with Gasteiger partial charge in [-0.05, 0) is 108 Å². The number of phenolic OH excluding ortho intramolecular Hbond substituents is 1. The molecule has 0 fully saturated rings. The van der Waals surface area contributed by atoms with Gasteiger partial charge in [0, 0.05) is 22.9 Å². The highest BCUT2D eigenvalue weighted by molar-refractivity contribution is 5.97. The van der Waals surface area contributed by atoms with Gasteiger partial charge in [0.2, 0.25) is 0 Å². The molecule has 3 N–H and O–H groups in total. The van der Waals surface area contributed by atoms with Crippen molar-refractivity contribution in [2.45, 2.75) is 195 Å². The van der Waals surface area contributed by atoms with Gasteiger partial charge >= 0.3 is 0 Å². The average molecular weight is 785 g/mol. The predicted octanol–water partition coefficient (Wildman–Crippen LogP) is 13.3. The third kappa shape index (κ3) is 12.3. The van der Waals surface area contributed by atoms with E-state index in [0.29, 0.717) is 24.3 Å². The summed E-state index contributed by atoms with van der Waals surface area (Å²) in [6.07, 6.45) is 6.88. The lowest BCUT2D eigenvalue weighted by atomic mass is 9.76. The molecule has 2 unspecified atom stereocenters. The minimum Gasteiger partial charge on any atom is -0.506 e. The van der Waals surface area contributed by atoms with Crippen molar-refractivity contribution in [3.63, 3.8) is 0 Å². The van der Waals surface area contributed by atoms with Crippen molar-refractivity contribution in [1.29, 1.82) is 0 Å². The summed E-state index contributed by atoms with van der Waals surface area (Å²) in [4.78, 5) is 27.8. The molecule has 7 nitrogen and oxygen atoms in total. The molecule has 0 bridgehead atoms. The summed E-state index contributed by atoms with van der Waals surface area (Å²) in [5.74, 6) is 0.662. The van der Waals surface area contributed by atoms with Crippen LogP contribution in [0.2, 0.25) is 0 Å². The van der Waals surface area contributed by atoms with E-state index in [1.165, 1.54) is 17.2 Å². The maximum absolute atomic E-state index is 13.9. The van der Waals surface area contributed by atoms with Crippen LogP contribution in [-0.4, -0.2) is 29.1 Å². The van der Waals surface area contributed by atoms with Gasteiger partial charge in [-0.15, -0.1) is 0 Å². The molecule has 3 aromatic carbocycles. The van der Waals surface area contributed by atoms with E-state index in [-0.39, 0.29) is 44.9 Å². The van der Waals surface area contributed by atoms with E-state index < -0.39 is 12.2 Å². The molecule has 0 spiro atoms. The van der Waals surface area contributed by atoms with Crippen molar-refractivity contribution in [2.75, 3.05) is 10.6 Å². The fourth-order valence-electron chi connectivity index (χ4n) is 6.68. The van der Waals surface area contributed by atoms with E-state index in [1.807, 2.05) is 12.1 Å². The van der Waals surface area contributed by atoms with Crippen LogP contribution in [0.15, 0.2) is 54.6 Å². The fourth-order valence-corrected chi connectivity index (χ4v) is 6.68. The molecule has 3 rings (SSSR count). The van der Waals surface area contributed by atoms with Crippen molar-refractivity contribution >= 4 is 23.2 Å². The molecule has 3 aromatic rings. The zero-order chi connectivity index (χ0) is 42.8. The number of rotatable bonds is 22. The molecule has 0 aliphatic carbocycles. The second kappa shape index (κ2) is 20.1. The zero-order valence-electron chi connectivity index (χ0n) is 38.0. The van der Waals surface area contributed by atoms with Crippen molar-refractivity contribution in [3.05, 3.63) is 76.9 Å². The lowest BCUT2D eigenvalue weighted by Crippen LogP contribution is -2.34. The van der Waals surface area contributed by atoms with Crippen molar-refractivity contribution in [3.8, 4) is 17.2 Å². The quantitative estimate of drug-likeness (QED) is 0.0882. The second-order valence-corrected chi connectivity index (χ2v) is 18.6. The Kier molecular flexibility index (Phi) is 16.7. The highest BCUT2D eigenvalue weighted by Gasteiger charge is 2.31. The van der Waals surface area contributed by atoms with E-state index in [0.717, 1.165) is 68.2 Å². The molecule has 7 heteroatoms. The van der Waals surface area contributed by atoms with Crippen LogP contribution >= 0.6 is 0 Å². The molecule has 0 aromatic heterocycles. The number of aromatic hydroxyl groups is 1. The summed E-state index contributed by atoms with van der Waals surface area (Å²) in [5.41, 5.74) is 5.06. The van der Waals surface area contributed by atoms with Gasteiger partial charge in [-0.25, -0.2) is 0 Å². The number of phenols is 1. The standard InChI is InChI=1S/C50H76N2O5/c1-15-21-23-43(56-41-29-25-34(47(7,8)17-3)31-37(41)49(11,12)19-5)45(54)51-36-27-28-39(40(53)33-36)52-46(55)44(24-22-16-2)57-42-30-26-35(48(9,10)18-4)32-38(42)50(13,14)20-6/h25-33,43-44,53H,15-24H2,1-14H3,(H,51,54)(H,52,55). The molecular weight excluding hydrogens is 709 g/mol. The topological polar surface area (TPSA) is 96.9 Å². The molecule has 0 aliphatic heterocycles. The van der Waals surface area contributed by atoms with Crippen molar-refractivity contribution < 1.29 is 24.2 Å². The van der Waals surface area contributed by atoms with Crippen LogP contribution in [0.5, 0.6) is 17.2 Å². The molecule has 2 atom stereocenters. The summed E-state index contributed by atoms with van der Waals surface area (Å²) in [7, 11) is 0. The number of unbranched alkanes of at least 4 members (excludes halogenated alkanes) is 2. The van der Waals surface area contributed by atoms with Crippen LogP contribution < -0.4 is 20.1 Å². The number of benzene rings is 3. The molecular formula is C50H76N2O5. The molecule has 2 amide bonds. The molecule has 0 aliphatic rings. The fraction of sp³-hybridized carbons (Fsp3) is 0.600. The van der Waals surface area contributed by atoms with E-state index in [4.69, 9.17) is 9.47 Å². The predicted molar refractivity (Wildman–Crippen MR) is 239 cm³/mol. The lowest BCUT2D eigenvalue weighted by Gasteiger charge is -2.31. The Hall–Kier alpha value is -4.00. The number of anilines is 2. The van der Waals surface area contributed by atoms with Gasteiger partial charge in [-0.2, -0.15) is 0 Å². The van der Waals surface area contributed by atoms with E-state index in [2.05, 4.69) is 132 Å². The van der Waals surface area contributed by atoms with Crippen LogP contribution in [0.3, 0.4) is 0 Å². The van der Waals surface area contributed by atoms with Crippen molar-refractivity contribution in [2.24, 2.45) is 0 Å². The first-order chi connectivity index (χ1) is 26.7. The Labute approximate surface area is 346 Å². The van der Waals surface area contributed by atoms with Crippen LogP contribution in [0.25, 0.3) is 0 Å². The Morgan fingerprint density at radius 3 is 1.33 bits per heavy atom. The number of hydrogen-bond donors (Lipinski definition) is 3. The Morgan fingerprint density at radius 1 is 0.561 bits per heavy atom. The summed E-state index contributed by atoms with van der Waals surface area (Å²) < 4.78 is 13.2. The molecule has 316 valence electrons. The number of ether oxygens (including phenoxy) is 2. The van der Waals surface area contributed by atoms with Gasteiger partial charge in [0.05, 0.1) is 5.69 Å². The van der Waals surface area contributed by atoms with Gasteiger partial charge in [-0.3, -0.25) is 9.59 Å². The van der Waals surface area contributed by atoms with Gasteiger partial charge in [0.15, 0.2) is 12.2 Å². The second-order valence-electron chi connectivity index (χ2n) is 18.6. The highest BCUT2D eigenvalue weighted by atomic mass is 16.5. The van der Waals surface area contributed by atoms with Gasteiger partial charge in [-0.1, -0.05) is 134 Å². The minimum absolute atomic E-state index is 0.00999. The summed E-state index contributed by atoms with van der Waals surface area (Å²) in [6, 6.07) is 17.6. The maximum atomic E-state index is 13.9. The number of carbonyl (C=O) groups excluding carboxylic acids is 2. The first-order valence-electron chi connectivity index (χ1n) is 21.8. The maximum Gasteiger partial charge on any atom is 0.265 e. The third-order valence-corrected chi connectivity index (χ3v) is 12.8. The van der Waals surface area contributed by atoms with E-state index in [9.17, 15) is 14.7 Å². The molecule has 0 heterocycles. The summed E-state index contributed by atoms with van der Waals surface area (Å²) >= 11 is 0. The minimum atomic E-state index is -0.763. The number of nitrogens with one attached hydrogen (secondary N) is 2. The normalized spacial score (nSPS) is 13.5. The Balaban J connectivity index is 1.87. The summed E-state index contributed by atoms with van der Waals surface area (Å²) in [5, 5.41) is 17.0. The van der Waals surface area contributed by atoms with E-state index >= 15 is 0 Å². The molecule has 0 saturated heterocycles. The van der Waals surface area contributed by atoms with Crippen LogP contribution in [-0.2, 0) is 31.2 Å². The number of hydrogen-bond acceptors (Lipinski definition) is 5. The number of carbonyl (C=O) groups is 2. The summed E-state index contributed by atoms with van der Waals surface area (Å²) in [6.45, 7) is 30.8. The van der Waals surface area contributed by atoms with Crippen molar-refractivity contribution in [1.82, 2.24) is 0 Å². The first-order valence-corrected chi connectivity index (χ1v) is 21.8. The molecule has 0 radical (unpaired) electrons. The first kappa shape index (κ1) is 47.4. The zero-order valence-corrected chi connectivity index (χ0v) is 38.0. The Bertz CT molecular complexity index is 1790. The van der Waals surface area contributed by atoms with Gasteiger partial charge < -0.3 is 25.2 Å². The van der Waals surface area contributed by atoms with Gasteiger partial charge in [0.1, 0.15) is 17.2 Å². The monoisotopic (exact) mass is 785 g/mol. The number of amides is 2. The largest absolute Gasteiger partial charge is 0.506 e. The van der Waals surface area contributed by atoms with E-state index in [1.54, 1.807) is 12.1 Å². The van der Waals surface area contributed by atoms with Crippen LogP contribution in [0, 0.1) is 0 Å². The Morgan fingerprint density at radius 2 is 0.965 bits per heavy atom. The SMILES string of the molecule is CCCCC(Oc1ccc(C(C)(C)CC)cc1C(C)(C)CC)C(=O)Nc1ccc(NC(=O)C(CCCC)Oc2ccc(C(C)(C)CC)cc2C(C)(C)CC)c(O)c1. The molecule has 0 saturated carbocycles. The lowest BCUT2D eigenvalue weighted by molar-refractivity contribution is -0.123. The van der Waals surface area contributed by atoms with Crippen LogP contribution in [0.1, 0.15) is 183 Å².